The average Bonchev–Trinajstić information content (AvgIpc) is 2.68. The number of hydrogen-bond acceptors (Lipinski definition) is 6. The second-order valence-corrected chi connectivity index (χ2v) is 6.83. The van der Waals surface area contributed by atoms with E-state index >= 15 is 0 Å². The van der Waals surface area contributed by atoms with Crippen molar-refractivity contribution in [3.05, 3.63) is 64.6 Å². The first-order valence-corrected chi connectivity index (χ1v) is 8.86. The molecule has 0 radical (unpaired) electrons. The Bertz CT molecular complexity index is 1190. The number of phenols is 1. The number of phenolic OH excluding ortho intramolecular Hbond substituents is 1. The summed E-state index contributed by atoms with van der Waals surface area (Å²) in [7, 11) is 1.19. The highest BCUT2D eigenvalue weighted by Crippen LogP contribution is 2.37. The molecule has 2 atom stereocenters. The number of hydrogen-bond donors (Lipinski definition) is 2. The highest BCUT2D eigenvalue weighted by atomic mass is 35.5. The summed E-state index contributed by atoms with van der Waals surface area (Å²) in [6.07, 6.45) is 8.86. The molecule has 0 bridgehead atoms. The number of pyridine rings is 1. The summed E-state index contributed by atoms with van der Waals surface area (Å²) in [5, 5.41) is 10.8. The number of benzene rings is 1. The van der Waals surface area contributed by atoms with Gasteiger partial charge in [0.25, 0.3) is 5.56 Å². The molecule has 0 saturated carbocycles. The van der Waals surface area contributed by atoms with Gasteiger partial charge in [-0.05, 0) is 18.2 Å². The van der Waals surface area contributed by atoms with Crippen LogP contribution in [0.4, 0.5) is 5.69 Å². The summed E-state index contributed by atoms with van der Waals surface area (Å²) < 4.78 is 6.14. The van der Waals surface area contributed by atoms with Crippen molar-refractivity contribution in [2.24, 2.45) is 16.8 Å². The largest absolute Gasteiger partial charge is 0.508 e. The minimum atomic E-state index is -0.825. The Hall–Kier alpha value is -3.32. The fourth-order valence-corrected chi connectivity index (χ4v) is 3.88. The third-order valence-corrected chi connectivity index (χ3v) is 5.28. The van der Waals surface area contributed by atoms with Gasteiger partial charge in [0, 0.05) is 35.2 Å². The maximum absolute atomic E-state index is 13.3. The lowest BCUT2D eigenvalue weighted by Crippen LogP contribution is -2.33. The Morgan fingerprint density at radius 3 is 2.86 bits per heavy atom. The van der Waals surface area contributed by atoms with E-state index in [1.807, 2.05) is 12.2 Å². The number of carbonyl (C=O) groups is 1. The molecule has 0 spiro atoms. The molecule has 1 aromatic heterocycles. The second-order valence-electron chi connectivity index (χ2n) is 6.44. The van der Waals surface area contributed by atoms with E-state index in [0.29, 0.717) is 21.8 Å². The Balaban J connectivity index is 2.08. The number of aromatic nitrogens is 1. The highest BCUT2D eigenvalue weighted by molar-refractivity contribution is 6.66. The molecule has 2 aliphatic rings. The fraction of sp³-hybridized carbons (Fsp3) is 0.150. The molecule has 1 aromatic carbocycles. The van der Waals surface area contributed by atoms with Crippen molar-refractivity contribution in [1.82, 2.24) is 4.57 Å². The predicted octanol–water partition coefficient (Wildman–Crippen LogP) is 2.88. The van der Waals surface area contributed by atoms with E-state index < -0.39 is 11.5 Å². The zero-order chi connectivity index (χ0) is 20.0. The number of halogens is 1. The van der Waals surface area contributed by atoms with Gasteiger partial charge in [0.2, 0.25) is 0 Å². The van der Waals surface area contributed by atoms with Gasteiger partial charge in [-0.15, -0.1) is 0 Å². The van der Waals surface area contributed by atoms with E-state index in [2.05, 4.69) is 4.99 Å². The molecule has 8 heteroatoms. The van der Waals surface area contributed by atoms with Crippen LogP contribution in [0.5, 0.6) is 5.75 Å². The van der Waals surface area contributed by atoms with Gasteiger partial charge >= 0.3 is 5.97 Å². The molecule has 1 aliphatic heterocycles. The van der Waals surface area contributed by atoms with Crippen LogP contribution in [0, 0.1) is 11.8 Å². The summed E-state index contributed by atoms with van der Waals surface area (Å²) in [5.41, 5.74) is 6.20. The van der Waals surface area contributed by atoms with Crippen LogP contribution >= 0.6 is 11.6 Å². The van der Waals surface area contributed by atoms with Crippen LogP contribution in [0.25, 0.3) is 16.6 Å². The van der Waals surface area contributed by atoms with Gasteiger partial charge in [0.05, 0.1) is 18.3 Å². The topological polar surface area (TPSA) is 107 Å². The molecule has 142 valence electrons. The van der Waals surface area contributed by atoms with Crippen molar-refractivity contribution >= 4 is 45.0 Å². The lowest BCUT2D eigenvalue weighted by atomic mass is 9.84. The lowest BCUT2D eigenvalue weighted by molar-refractivity contribution is 0.0600. The van der Waals surface area contributed by atoms with Crippen molar-refractivity contribution in [3.8, 4) is 5.75 Å². The molecule has 2 unspecified atom stereocenters. The summed E-state index contributed by atoms with van der Waals surface area (Å²) in [6, 6.07) is 4.44. The molecule has 4 rings (SSSR count). The van der Waals surface area contributed by atoms with E-state index in [1.54, 1.807) is 24.4 Å². The van der Waals surface area contributed by atoms with Crippen LogP contribution in [0.3, 0.4) is 0 Å². The third-order valence-electron chi connectivity index (χ3n) is 4.93. The molecular weight excluding hydrogens is 382 g/mol. The third kappa shape index (κ3) is 2.63. The van der Waals surface area contributed by atoms with Crippen LogP contribution in [-0.2, 0) is 4.74 Å². The standard InChI is InChI=1S/C20H16ClN3O4/c1-28-20(27)16-17(22)13-6-5-10(25)9-15(13)24(19(16)26)14-4-2-3-12-11(14)7-8-23-18(12)21/h2-9,11-12,25H,22H2,1H3. The van der Waals surface area contributed by atoms with Gasteiger partial charge in [-0.1, -0.05) is 29.8 Å². The quantitative estimate of drug-likeness (QED) is 0.758. The SMILES string of the molecule is COC(=O)c1c(N)c2ccc(O)cc2n(C2=CC=CC3C(Cl)=NC=CC23)c1=O. The molecule has 0 amide bonds. The number of ether oxygens (including phenoxy) is 1. The van der Waals surface area contributed by atoms with Gasteiger partial charge in [-0.25, -0.2) is 9.79 Å². The van der Waals surface area contributed by atoms with Gasteiger partial charge in [0.1, 0.15) is 16.5 Å². The Morgan fingerprint density at radius 2 is 2.11 bits per heavy atom. The van der Waals surface area contributed by atoms with E-state index in [1.165, 1.54) is 23.8 Å². The van der Waals surface area contributed by atoms with Gasteiger partial charge in [-0.3, -0.25) is 9.36 Å². The summed E-state index contributed by atoms with van der Waals surface area (Å²) in [5.74, 6) is -1.36. The number of aromatic hydroxyl groups is 1. The molecule has 1 aliphatic carbocycles. The van der Waals surface area contributed by atoms with E-state index in [0.717, 1.165) is 0 Å². The Labute approximate surface area is 164 Å². The molecule has 28 heavy (non-hydrogen) atoms. The maximum atomic E-state index is 13.3. The van der Waals surface area contributed by atoms with Gasteiger partial charge in [0.15, 0.2) is 0 Å². The minimum Gasteiger partial charge on any atom is -0.508 e. The first-order valence-electron chi connectivity index (χ1n) is 8.48. The van der Waals surface area contributed by atoms with Crippen molar-refractivity contribution < 1.29 is 14.6 Å². The summed E-state index contributed by atoms with van der Waals surface area (Å²) >= 11 is 6.25. The van der Waals surface area contributed by atoms with Crippen LogP contribution in [0.2, 0.25) is 0 Å². The van der Waals surface area contributed by atoms with Crippen molar-refractivity contribution in [2.75, 3.05) is 12.8 Å². The van der Waals surface area contributed by atoms with Crippen LogP contribution in [0.15, 0.2) is 58.5 Å². The fourth-order valence-electron chi connectivity index (χ4n) is 3.61. The Kier molecular flexibility index (Phi) is 4.31. The number of methoxy groups -OCH3 is 1. The first-order chi connectivity index (χ1) is 13.4. The summed E-state index contributed by atoms with van der Waals surface area (Å²) in [6.45, 7) is 0. The van der Waals surface area contributed by atoms with Crippen LogP contribution in [-0.4, -0.2) is 27.9 Å². The van der Waals surface area contributed by atoms with Crippen LogP contribution in [0.1, 0.15) is 10.4 Å². The number of rotatable bonds is 2. The average molecular weight is 398 g/mol. The zero-order valence-electron chi connectivity index (χ0n) is 14.8. The number of esters is 1. The Morgan fingerprint density at radius 1 is 1.32 bits per heavy atom. The number of fused-ring (bicyclic) bond motifs is 2. The molecule has 3 N–H and O–H groups in total. The van der Waals surface area contributed by atoms with Crippen molar-refractivity contribution in [1.29, 1.82) is 0 Å². The smallest absolute Gasteiger partial charge is 0.345 e. The van der Waals surface area contributed by atoms with Crippen molar-refractivity contribution in [3.63, 3.8) is 0 Å². The maximum Gasteiger partial charge on any atom is 0.345 e. The van der Waals surface area contributed by atoms with Crippen LogP contribution < -0.4 is 11.3 Å². The molecule has 0 saturated heterocycles. The molecule has 0 fully saturated rings. The van der Waals surface area contributed by atoms with E-state index in [9.17, 15) is 14.7 Å². The van der Waals surface area contributed by atoms with Gasteiger partial charge < -0.3 is 15.6 Å². The lowest BCUT2D eigenvalue weighted by Gasteiger charge is -2.30. The number of nitrogens with zero attached hydrogens (tertiary/aromatic N) is 2. The number of nitrogens with two attached hydrogens (primary N) is 1. The monoisotopic (exact) mass is 397 g/mol. The van der Waals surface area contributed by atoms with E-state index in [-0.39, 0.29) is 28.8 Å². The normalized spacial score (nSPS) is 20.5. The number of aliphatic imine (C=N–C) groups is 1. The minimum absolute atomic E-state index is 0.00498. The summed E-state index contributed by atoms with van der Waals surface area (Å²) in [4.78, 5) is 29.7. The second kappa shape index (κ2) is 6.69. The van der Waals surface area contributed by atoms with Gasteiger partial charge in [-0.2, -0.15) is 0 Å². The zero-order valence-corrected chi connectivity index (χ0v) is 15.6. The number of allylic oxidation sites excluding steroid dienone is 5. The number of anilines is 1. The molecular formula is C20H16ClN3O4. The molecule has 2 aromatic rings. The molecule has 2 heterocycles. The highest BCUT2D eigenvalue weighted by Gasteiger charge is 2.32. The first kappa shape index (κ1) is 18.1. The number of nitrogen functional groups attached to an aromatic ring is 1. The van der Waals surface area contributed by atoms with E-state index in [4.69, 9.17) is 22.1 Å². The predicted molar refractivity (Wildman–Crippen MR) is 108 cm³/mol. The van der Waals surface area contributed by atoms with Crippen molar-refractivity contribution in [2.45, 2.75) is 0 Å². The number of carbonyl (C=O) groups excluding carboxylic acids is 1. The molecule has 7 nitrogen and oxygen atoms in total.